The Kier molecular flexibility index (Phi) is 2.28. The third-order valence-electron chi connectivity index (χ3n) is 2.04. The lowest BCUT2D eigenvalue weighted by molar-refractivity contribution is -0.0261. The third kappa shape index (κ3) is 1.68. The van der Waals surface area contributed by atoms with Crippen LogP contribution >= 0.6 is 0 Å². The molecule has 0 aliphatic heterocycles. The van der Waals surface area contributed by atoms with Crippen molar-refractivity contribution in [2.75, 3.05) is 13.7 Å². The van der Waals surface area contributed by atoms with Gasteiger partial charge in [-0.1, -0.05) is 0 Å². The van der Waals surface area contributed by atoms with Gasteiger partial charge in [0, 0.05) is 13.2 Å². The molecule has 0 radical (unpaired) electrons. The molecule has 1 rings (SSSR count). The van der Waals surface area contributed by atoms with Gasteiger partial charge in [-0.15, -0.1) is 0 Å². The Bertz CT molecular complexity index is 114. The number of hydrogen-bond acceptors (Lipinski definition) is 3. The first-order valence-electron chi connectivity index (χ1n) is 3.63. The SMILES string of the molecule is COCC1(O)CCC(N)C1. The zero-order chi connectivity index (χ0) is 7.61. The second-order valence-corrected chi connectivity index (χ2v) is 3.16. The van der Waals surface area contributed by atoms with E-state index in [2.05, 4.69) is 0 Å². The maximum absolute atomic E-state index is 9.66. The monoisotopic (exact) mass is 145 g/mol. The van der Waals surface area contributed by atoms with Crippen LogP contribution in [-0.2, 0) is 4.74 Å². The van der Waals surface area contributed by atoms with Crippen molar-refractivity contribution in [3.63, 3.8) is 0 Å². The van der Waals surface area contributed by atoms with Crippen LogP contribution in [0.5, 0.6) is 0 Å². The first-order valence-corrected chi connectivity index (χ1v) is 3.63. The fourth-order valence-electron chi connectivity index (χ4n) is 1.55. The standard InChI is InChI=1S/C7H15NO2/c1-10-5-7(9)3-2-6(8)4-7/h6,9H,2-5,8H2,1H3. The van der Waals surface area contributed by atoms with Crippen molar-refractivity contribution in [1.29, 1.82) is 0 Å². The van der Waals surface area contributed by atoms with Crippen molar-refractivity contribution in [2.24, 2.45) is 5.73 Å². The predicted molar refractivity (Wildman–Crippen MR) is 38.7 cm³/mol. The van der Waals surface area contributed by atoms with Gasteiger partial charge in [-0.3, -0.25) is 0 Å². The van der Waals surface area contributed by atoms with E-state index in [1.807, 2.05) is 0 Å². The van der Waals surface area contributed by atoms with E-state index in [0.717, 1.165) is 12.8 Å². The van der Waals surface area contributed by atoms with Crippen molar-refractivity contribution >= 4 is 0 Å². The highest BCUT2D eigenvalue weighted by Gasteiger charge is 2.35. The molecule has 0 spiro atoms. The molecule has 0 heterocycles. The van der Waals surface area contributed by atoms with E-state index in [0.29, 0.717) is 13.0 Å². The van der Waals surface area contributed by atoms with Crippen LogP contribution in [0, 0.1) is 0 Å². The molecule has 0 saturated heterocycles. The lowest BCUT2D eigenvalue weighted by atomic mass is 10.0. The van der Waals surface area contributed by atoms with E-state index in [-0.39, 0.29) is 6.04 Å². The molecule has 1 aliphatic rings. The highest BCUT2D eigenvalue weighted by molar-refractivity contribution is 4.90. The van der Waals surface area contributed by atoms with Crippen LogP contribution in [-0.4, -0.2) is 30.5 Å². The van der Waals surface area contributed by atoms with E-state index in [9.17, 15) is 5.11 Å². The van der Waals surface area contributed by atoms with Gasteiger partial charge in [0.2, 0.25) is 0 Å². The van der Waals surface area contributed by atoms with Crippen LogP contribution in [0.3, 0.4) is 0 Å². The second-order valence-electron chi connectivity index (χ2n) is 3.16. The number of hydrogen-bond donors (Lipinski definition) is 2. The van der Waals surface area contributed by atoms with Crippen molar-refractivity contribution in [3.05, 3.63) is 0 Å². The normalized spacial score (nSPS) is 40.5. The van der Waals surface area contributed by atoms with E-state index < -0.39 is 5.60 Å². The topological polar surface area (TPSA) is 55.5 Å². The summed E-state index contributed by atoms with van der Waals surface area (Å²) in [4.78, 5) is 0. The van der Waals surface area contributed by atoms with Gasteiger partial charge in [-0.05, 0) is 19.3 Å². The molecule has 0 bridgehead atoms. The van der Waals surface area contributed by atoms with Crippen molar-refractivity contribution in [3.8, 4) is 0 Å². The molecule has 0 amide bonds. The Morgan fingerprint density at radius 1 is 1.80 bits per heavy atom. The fourth-order valence-corrected chi connectivity index (χ4v) is 1.55. The molecule has 1 aliphatic carbocycles. The Labute approximate surface area is 61.2 Å². The van der Waals surface area contributed by atoms with E-state index in [4.69, 9.17) is 10.5 Å². The number of nitrogens with two attached hydrogens (primary N) is 1. The Hall–Kier alpha value is -0.120. The van der Waals surface area contributed by atoms with Crippen molar-refractivity contribution in [2.45, 2.75) is 30.9 Å². The fraction of sp³-hybridized carbons (Fsp3) is 1.00. The minimum atomic E-state index is -0.631. The summed E-state index contributed by atoms with van der Waals surface area (Å²) < 4.78 is 4.87. The molecule has 2 atom stereocenters. The largest absolute Gasteiger partial charge is 0.387 e. The van der Waals surface area contributed by atoms with E-state index >= 15 is 0 Å². The molecule has 3 heteroatoms. The van der Waals surface area contributed by atoms with Crippen molar-refractivity contribution < 1.29 is 9.84 Å². The molecule has 10 heavy (non-hydrogen) atoms. The molecule has 3 N–H and O–H groups in total. The number of aliphatic hydroxyl groups is 1. The van der Waals surface area contributed by atoms with Gasteiger partial charge in [0.25, 0.3) is 0 Å². The average Bonchev–Trinajstić information content (AvgIpc) is 2.12. The summed E-state index contributed by atoms with van der Waals surface area (Å²) in [6, 6.07) is 0.167. The third-order valence-corrected chi connectivity index (χ3v) is 2.04. The zero-order valence-corrected chi connectivity index (χ0v) is 6.34. The molecule has 2 unspecified atom stereocenters. The summed E-state index contributed by atoms with van der Waals surface area (Å²) in [6.45, 7) is 0.417. The van der Waals surface area contributed by atoms with Gasteiger partial charge in [0.1, 0.15) is 0 Å². The molecule has 3 nitrogen and oxygen atoms in total. The van der Waals surface area contributed by atoms with Crippen molar-refractivity contribution in [1.82, 2.24) is 0 Å². The summed E-state index contributed by atoms with van der Waals surface area (Å²) in [5, 5.41) is 9.66. The van der Waals surface area contributed by atoms with Gasteiger partial charge < -0.3 is 15.6 Å². The molecule has 0 aromatic heterocycles. The number of ether oxygens (including phenoxy) is 1. The minimum Gasteiger partial charge on any atom is -0.387 e. The highest BCUT2D eigenvalue weighted by Crippen LogP contribution is 2.28. The van der Waals surface area contributed by atoms with E-state index in [1.165, 1.54) is 0 Å². The summed E-state index contributed by atoms with van der Waals surface area (Å²) in [5.74, 6) is 0. The lowest BCUT2D eigenvalue weighted by Crippen LogP contribution is -2.32. The Morgan fingerprint density at radius 3 is 2.90 bits per heavy atom. The van der Waals surface area contributed by atoms with Crippen LogP contribution in [0.15, 0.2) is 0 Å². The van der Waals surface area contributed by atoms with E-state index in [1.54, 1.807) is 7.11 Å². The Morgan fingerprint density at radius 2 is 2.50 bits per heavy atom. The number of methoxy groups -OCH3 is 1. The summed E-state index contributed by atoms with van der Waals surface area (Å²) in [6.07, 6.45) is 2.38. The smallest absolute Gasteiger partial charge is 0.0895 e. The summed E-state index contributed by atoms with van der Waals surface area (Å²) in [5.41, 5.74) is 4.99. The minimum absolute atomic E-state index is 0.167. The summed E-state index contributed by atoms with van der Waals surface area (Å²) >= 11 is 0. The maximum atomic E-state index is 9.66. The van der Waals surface area contributed by atoms with Gasteiger partial charge in [-0.25, -0.2) is 0 Å². The van der Waals surface area contributed by atoms with Crippen LogP contribution in [0.4, 0.5) is 0 Å². The van der Waals surface area contributed by atoms with Gasteiger partial charge >= 0.3 is 0 Å². The number of rotatable bonds is 2. The first-order chi connectivity index (χ1) is 4.66. The molecular formula is C7H15NO2. The van der Waals surface area contributed by atoms with Gasteiger partial charge in [0.05, 0.1) is 12.2 Å². The quantitative estimate of drug-likeness (QED) is 0.569. The summed E-state index contributed by atoms with van der Waals surface area (Å²) in [7, 11) is 1.60. The van der Waals surface area contributed by atoms with Crippen LogP contribution in [0.1, 0.15) is 19.3 Å². The predicted octanol–water partition coefficient (Wildman–Crippen LogP) is -0.125. The van der Waals surface area contributed by atoms with Gasteiger partial charge in [0.15, 0.2) is 0 Å². The Balaban J connectivity index is 2.38. The zero-order valence-electron chi connectivity index (χ0n) is 6.34. The molecule has 0 aromatic carbocycles. The molecule has 1 fully saturated rings. The molecule has 1 saturated carbocycles. The highest BCUT2D eigenvalue weighted by atomic mass is 16.5. The van der Waals surface area contributed by atoms with Crippen LogP contribution in [0.25, 0.3) is 0 Å². The molecule has 60 valence electrons. The molecule has 0 aromatic rings. The molecular weight excluding hydrogens is 130 g/mol. The van der Waals surface area contributed by atoms with Crippen LogP contribution < -0.4 is 5.73 Å². The second kappa shape index (κ2) is 2.86. The first kappa shape index (κ1) is 7.98. The van der Waals surface area contributed by atoms with Crippen LogP contribution in [0.2, 0.25) is 0 Å². The average molecular weight is 145 g/mol. The van der Waals surface area contributed by atoms with Gasteiger partial charge in [-0.2, -0.15) is 0 Å². The lowest BCUT2D eigenvalue weighted by Gasteiger charge is -2.20. The maximum Gasteiger partial charge on any atom is 0.0895 e.